The van der Waals surface area contributed by atoms with Gasteiger partial charge in [0.05, 0.1) is 30.1 Å². The molecule has 0 saturated carbocycles. The van der Waals surface area contributed by atoms with Gasteiger partial charge in [0.2, 0.25) is 5.60 Å². The van der Waals surface area contributed by atoms with Crippen LogP contribution in [0.15, 0.2) is 34.8 Å². The minimum atomic E-state index is -1.03. The molecule has 0 spiro atoms. The molecule has 2 aromatic rings. The van der Waals surface area contributed by atoms with Crippen LogP contribution in [0, 0.1) is 6.92 Å². The average Bonchev–Trinajstić information content (AvgIpc) is 3.19. The standard InChI is InChI=1S/C17H19N3O3S/c1-11-19-12(10-24-11)9-18-16(21)17(2)8-14(20-23-17)13-6-4-5-7-15(13)22-3/h4-7,10H,8-9H2,1-3H3,(H,18,21). The van der Waals surface area contributed by atoms with E-state index in [-0.39, 0.29) is 5.91 Å². The number of ether oxygens (including phenoxy) is 1. The molecule has 1 atom stereocenters. The number of amides is 1. The number of oxime groups is 1. The molecule has 7 heteroatoms. The molecule has 1 N–H and O–H groups in total. The van der Waals surface area contributed by atoms with Gasteiger partial charge in [-0.25, -0.2) is 4.98 Å². The van der Waals surface area contributed by atoms with Crippen molar-refractivity contribution in [2.24, 2.45) is 5.16 Å². The minimum absolute atomic E-state index is 0.207. The molecule has 24 heavy (non-hydrogen) atoms. The number of hydrogen-bond donors (Lipinski definition) is 1. The summed E-state index contributed by atoms with van der Waals surface area (Å²) in [7, 11) is 1.61. The smallest absolute Gasteiger partial charge is 0.267 e. The summed E-state index contributed by atoms with van der Waals surface area (Å²) in [5.41, 5.74) is 1.36. The van der Waals surface area contributed by atoms with Crippen LogP contribution in [-0.4, -0.2) is 29.3 Å². The third-order valence-corrected chi connectivity index (χ3v) is 4.68. The fourth-order valence-electron chi connectivity index (χ4n) is 2.54. The molecule has 6 nitrogen and oxygen atoms in total. The van der Waals surface area contributed by atoms with Crippen LogP contribution in [0.25, 0.3) is 0 Å². The van der Waals surface area contributed by atoms with Gasteiger partial charge in [-0.3, -0.25) is 4.79 Å². The van der Waals surface area contributed by atoms with Gasteiger partial charge in [0, 0.05) is 17.4 Å². The molecule has 126 valence electrons. The second-order valence-corrected chi connectivity index (χ2v) is 6.84. The Labute approximate surface area is 144 Å². The second-order valence-electron chi connectivity index (χ2n) is 5.78. The molecule has 1 unspecified atom stereocenters. The molecular formula is C17H19N3O3S. The summed E-state index contributed by atoms with van der Waals surface area (Å²) in [5, 5.41) is 9.89. The fourth-order valence-corrected chi connectivity index (χ4v) is 3.15. The molecular weight excluding hydrogens is 326 g/mol. The van der Waals surface area contributed by atoms with Crippen molar-refractivity contribution in [1.29, 1.82) is 0 Å². The zero-order chi connectivity index (χ0) is 17.2. The summed E-state index contributed by atoms with van der Waals surface area (Å²) in [6.45, 7) is 4.05. The van der Waals surface area contributed by atoms with E-state index >= 15 is 0 Å². The maximum Gasteiger partial charge on any atom is 0.267 e. The van der Waals surface area contributed by atoms with Gasteiger partial charge >= 0.3 is 0 Å². The van der Waals surface area contributed by atoms with Crippen molar-refractivity contribution < 1.29 is 14.4 Å². The molecule has 0 bridgehead atoms. The zero-order valence-electron chi connectivity index (χ0n) is 13.8. The molecule has 0 saturated heterocycles. The summed E-state index contributed by atoms with van der Waals surface area (Å²) in [6.07, 6.45) is 0.384. The van der Waals surface area contributed by atoms with Crippen LogP contribution in [-0.2, 0) is 16.2 Å². The molecule has 3 rings (SSSR count). The van der Waals surface area contributed by atoms with Crippen LogP contribution in [0.3, 0.4) is 0 Å². The van der Waals surface area contributed by atoms with Crippen LogP contribution in [0.2, 0.25) is 0 Å². The maximum absolute atomic E-state index is 12.5. The Balaban J connectivity index is 1.66. The predicted octanol–water partition coefficient (Wildman–Crippen LogP) is 2.66. The Morgan fingerprint density at radius 1 is 1.46 bits per heavy atom. The number of aryl methyl sites for hydroxylation is 1. The van der Waals surface area contributed by atoms with Crippen molar-refractivity contribution in [3.8, 4) is 5.75 Å². The number of rotatable bonds is 5. The lowest BCUT2D eigenvalue weighted by molar-refractivity contribution is -0.141. The van der Waals surface area contributed by atoms with E-state index in [4.69, 9.17) is 9.57 Å². The van der Waals surface area contributed by atoms with E-state index in [0.29, 0.717) is 24.4 Å². The Morgan fingerprint density at radius 2 is 2.25 bits per heavy atom. The molecule has 2 heterocycles. The van der Waals surface area contributed by atoms with Crippen LogP contribution in [0.1, 0.15) is 29.6 Å². The van der Waals surface area contributed by atoms with Gasteiger partial charge in [-0.15, -0.1) is 11.3 Å². The van der Waals surface area contributed by atoms with E-state index in [9.17, 15) is 4.79 Å². The lowest BCUT2D eigenvalue weighted by Crippen LogP contribution is -2.44. The normalized spacial score (nSPS) is 19.5. The topological polar surface area (TPSA) is 72.8 Å². The number of methoxy groups -OCH3 is 1. The minimum Gasteiger partial charge on any atom is -0.496 e. The van der Waals surface area contributed by atoms with Gasteiger partial charge in [0.1, 0.15) is 5.75 Å². The third kappa shape index (κ3) is 3.26. The van der Waals surface area contributed by atoms with Gasteiger partial charge in [0.25, 0.3) is 5.91 Å². The van der Waals surface area contributed by atoms with E-state index in [1.807, 2.05) is 36.6 Å². The molecule has 1 amide bonds. The van der Waals surface area contributed by atoms with Crippen molar-refractivity contribution in [2.75, 3.05) is 7.11 Å². The largest absolute Gasteiger partial charge is 0.496 e. The van der Waals surface area contributed by atoms with Crippen LogP contribution in [0.4, 0.5) is 0 Å². The van der Waals surface area contributed by atoms with Gasteiger partial charge in [-0.05, 0) is 26.0 Å². The number of nitrogens with zero attached hydrogens (tertiary/aromatic N) is 2. The average molecular weight is 345 g/mol. The van der Waals surface area contributed by atoms with Gasteiger partial charge in [-0.1, -0.05) is 17.3 Å². The maximum atomic E-state index is 12.5. The highest BCUT2D eigenvalue weighted by Crippen LogP contribution is 2.30. The van der Waals surface area contributed by atoms with Crippen molar-refractivity contribution in [1.82, 2.24) is 10.3 Å². The Bertz CT molecular complexity index is 787. The second kappa shape index (κ2) is 6.60. The quantitative estimate of drug-likeness (QED) is 0.904. The molecule has 1 aliphatic rings. The van der Waals surface area contributed by atoms with Gasteiger partial charge in [-0.2, -0.15) is 0 Å². The molecule has 0 radical (unpaired) electrons. The van der Waals surface area contributed by atoms with Crippen molar-refractivity contribution in [3.05, 3.63) is 45.9 Å². The third-order valence-electron chi connectivity index (χ3n) is 3.86. The van der Waals surface area contributed by atoms with E-state index in [1.165, 1.54) is 0 Å². The monoisotopic (exact) mass is 345 g/mol. The number of hydrogen-bond acceptors (Lipinski definition) is 6. The van der Waals surface area contributed by atoms with E-state index in [0.717, 1.165) is 16.3 Å². The first-order chi connectivity index (χ1) is 11.5. The summed E-state index contributed by atoms with van der Waals surface area (Å²) < 4.78 is 5.35. The van der Waals surface area contributed by atoms with Crippen LogP contribution < -0.4 is 10.1 Å². The van der Waals surface area contributed by atoms with Crippen LogP contribution >= 0.6 is 11.3 Å². The summed E-state index contributed by atoms with van der Waals surface area (Å²) in [6, 6.07) is 7.56. The van der Waals surface area contributed by atoms with Crippen molar-refractivity contribution in [3.63, 3.8) is 0 Å². The summed E-state index contributed by atoms with van der Waals surface area (Å²) >= 11 is 1.56. The lowest BCUT2D eigenvalue weighted by atomic mass is 9.94. The van der Waals surface area contributed by atoms with E-state index in [2.05, 4.69) is 15.5 Å². The number of thiazole rings is 1. The molecule has 0 aliphatic carbocycles. The number of carbonyl (C=O) groups excluding carboxylic acids is 1. The highest BCUT2D eigenvalue weighted by atomic mass is 32.1. The Hall–Kier alpha value is -2.41. The first-order valence-corrected chi connectivity index (χ1v) is 8.47. The predicted molar refractivity (Wildman–Crippen MR) is 92.3 cm³/mol. The Kier molecular flexibility index (Phi) is 4.53. The molecule has 1 aliphatic heterocycles. The van der Waals surface area contributed by atoms with Crippen molar-refractivity contribution in [2.45, 2.75) is 32.4 Å². The number of para-hydroxylation sites is 1. The highest BCUT2D eigenvalue weighted by molar-refractivity contribution is 7.09. The van der Waals surface area contributed by atoms with Crippen LogP contribution in [0.5, 0.6) is 5.75 Å². The SMILES string of the molecule is COc1ccccc1C1=NOC(C)(C(=O)NCc2csc(C)n2)C1. The molecule has 1 aromatic heterocycles. The highest BCUT2D eigenvalue weighted by Gasteiger charge is 2.42. The summed E-state index contributed by atoms with van der Waals surface area (Å²) in [5.74, 6) is 0.504. The summed E-state index contributed by atoms with van der Waals surface area (Å²) in [4.78, 5) is 22.3. The molecule has 1 aromatic carbocycles. The molecule has 0 fully saturated rings. The lowest BCUT2D eigenvalue weighted by Gasteiger charge is -2.20. The number of carbonyl (C=O) groups is 1. The Morgan fingerprint density at radius 3 is 2.96 bits per heavy atom. The van der Waals surface area contributed by atoms with Crippen molar-refractivity contribution >= 4 is 23.0 Å². The van der Waals surface area contributed by atoms with E-state index < -0.39 is 5.60 Å². The number of aromatic nitrogens is 1. The number of benzene rings is 1. The number of nitrogens with one attached hydrogen (secondary N) is 1. The van der Waals surface area contributed by atoms with Gasteiger partial charge < -0.3 is 14.9 Å². The van der Waals surface area contributed by atoms with Gasteiger partial charge in [0.15, 0.2) is 0 Å². The fraction of sp³-hybridized carbons (Fsp3) is 0.353. The van der Waals surface area contributed by atoms with E-state index in [1.54, 1.807) is 25.4 Å². The first-order valence-electron chi connectivity index (χ1n) is 7.59. The first kappa shape index (κ1) is 16.4. The zero-order valence-corrected chi connectivity index (χ0v) is 14.6.